The van der Waals surface area contributed by atoms with Crippen LogP contribution in [0, 0.1) is 0 Å². The van der Waals surface area contributed by atoms with E-state index in [9.17, 15) is 9.90 Å². The molecule has 1 radical (unpaired) electrons. The van der Waals surface area contributed by atoms with E-state index in [0.717, 1.165) is 106 Å². The van der Waals surface area contributed by atoms with Gasteiger partial charge in [0.15, 0.2) is 0 Å². The van der Waals surface area contributed by atoms with Crippen molar-refractivity contribution in [3.05, 3.63) is 94.3 Å². The van der Waals surface area contributed by atoms with Gasteiger partial charge in [-0.05, 0) is 86.6 Å². The number of unbranched alkanes of at least 4 members (excludes halogenated alkanes) is 1. The van der Waals surface area contributed by atoms with Gasteiger partial charge in [-0.2, -0.15) is 41.1 Å². The molecule has 2 aromatic heterocycles. The molecule has 1 atom stereocenters. The van der Waals surface area contributed by atoms with Gasteiger partial charge in [0.2, 0.25) is 17.8 Å². The number of phenols is 1. The molecule has 0 bridgehead atoms. The zero-order chi connectivity index (χ0) is 41.1. The third kappa shape index (κ3) is 16.9. The van der Waals surface area contributed by atoms with Crippen LogP contribution in [0.2, 0.25) is 0 Å². The number of carbonyl (C=O) groups excluding carboxylic acids is 1. The SMILES string of the molecule is CCCCNc1nc(N[C@@H](Cc2ccc(O)cc2)C(=O)NCCCN2CC[N-]CC[N-]CC[N-]CC2)nc(OCCN(C)c2ccc(-c3nc4ccccc4s3)cc2)n1.O.O.[Co]. The average Bonchev–Trinajstić information content (AvgIpc) is 3.68. The molecule has 62 heavy (non-hydrogen) atoms. The van der Waals surface area contributed by atoms with Gasteiger partial charge in [-0.1, -0.05) is 37.6 Å². The summed E-state index contributed by atoms with van der Waals surface area (Å²) in [6.45, 7) is 11.3. The molecule has 17 nitrogen and oxygen atoms in total. The van der Waals surface area contributed by atoms with Gasteiger partial charge in [-0.15, -0.1) is 24.4 Å². The zero-order valence-electron chi connectivity index (χ0n) is 35.6. The third-order valence-corrected chi connectivity index (χ3v) is 10.9. The molecule has 1 amide bonds. The van der Waals surface area contributed by atoms with E-state index >= 15 is 0 Å². The van der Waals surface area contributed by atoms with Crippen LogP contribution in [0.15, 0.2) is 72.8 Å². The number of ether oxygens (including phenoxy) is 1. The quantitative estimate of drug-likeness (QED) is 0.0812. The van der Waals surface area contributed by atoms with Crippen LogP contribution in [0.1, 0.15) is 31.7 Å². The molecule has 19 heteroatoms. The van der Waals surface area contributed by atoms with Crippen molar-refractivity contribution < 1.29 is 42.4 Å². The number of hydrogen-bond donors (Lipinski definition) is 4. The van der Waals surface area contributed by atoms with E-state index in [0.29, 0.717) is 38.6 Å². The zero-order valence-corrected chi connectivity index (χ0v) is 37.4. The van der Waals surface area contributed by atoms with Crippen LogP contribution < -0.4 is 25.6 Å². The second-order valence-corrected chi connectivity index (χ2v) is 15.4. The fourth-order valence-electron chi connectivity index (χ4n) is 6.45. The third-order valence-electron chi connectivity index (χ3n) is 9.86. The van der Waals surface area contributed by atoms with Crippen molar-refractivity contribution in [3.63, 3.8) is 0 Å². The minimum absolute atomic E-state index is 0. The van der Waals surface area contributed by atoms with Gasteiger partial charge in [0.05, 0.1) is 16.8 Å². The summed E-state index contributed by atoms with van der Waals surface area (Å²) in [4.78, 5) is 36.9. The Morgan fingerprint density at radius 2 is 1.53 bits per heavy atom. The number of hydrogen-bond acceptors (Lipinski definition) is 12. The molecular formula is C43H61CoN12O5S-3. The summed E-state index contributed by atoms with van der Waals surface area (Å²) >= 11 is 1.69. The Labute approximate surface area is 379 Å². The minimum Gasteiger partial charge on any atom is -0.665 e. The predicted octanol–water partition coefficient (Wildman–Crippen LogP) is 4.90. The summed E-state index contributed by atoms with van der Waals surface area (Å²) in [6.07, 6.45) is 3.07. The first-order chi connectivity index (χ1) is 28.9. The summed E-state index contributed by atoms with van der Waals surface area (Å²) in [7, 11) is 2.02. The maximum atomic E-state index is 13.8. The normalized spacial score (nSPS) is 14.1. The molecule has 341 valence electrons. The van der Waals surface area contributed by atoms with E-state index in [1.807, 2.05) is 37.4 Å². The molecule has 3 aromatic carbocycles. The number of anilines is 3. The van der Waals surface area contributed by atoms with Gasteiger partial charge >= 0.3 is 6.01 Å². The molecule has 1 aliphatic rings. The molecule has 0 unspecified atom stereocenters. The second-order valence-electron chi connectivity index (χ2n) is 14.4. The molecule has 1 aliphatic heterocycles. The van der Waals surface area contributed by atoms with E-state index < -0.39 is 6.04 Å². The number of fused-ring (bicyclic) bond motifs is 1. The topological polar surface area (TPSA) is 246 Å². The molecule has 1 fully saturated rings. The number of phenolic OH excluding ortho intramolecular Hbond substituents is 1. The second kappa shape index (κ2) is 28.1. The van der Waals surface area contributed by atoms with Crippen molar-refractivity contribution in [1.82, 2.24) is 30.2 Å². The Morgan fingerprint density at radius 1 is 0.855 bits per heavy atom. The van der Waals surface area contributed by atoms with E-state index in [1.54, 1.807) is 23.5 Å². The van der Waals surface area contributed by atoms with Crippen LogP contribution in [0.3, 0.4) is 0 Å². The first-order valence-corrected chi connectivity index (χ1v) is 21.5. The smallest absolute Gasteiger partial charge is 0.323 e. The molecule has 0 saturated carbocycles. The average molecular weight is 917 g/mol. The summed E-state index contributed by atoms with van der Waals surface area (Å²) in [5, 5.41) is 34.3. The van der Waals surface area contributed by atoms with Crippen LogP contribution in [0.4, 0.5) is 17.6 Å². The molecule has 0 spiro atoms. The number of rotatable bonds is 19. The van der Waals surface area contributed by atoms with E-state index in [1.165, 1.54) is 4.70 Å². The van der Waals surface area contributed by atoms with Gasteiger partial charge in [-0.3, -0.25) is 4.79 Å². The number of nitrogens with one attached hydrogen (secondary N) is 3. The maximum absolute atomic E-state index is 13.8. The first-order valence-electron chi connectivity index (χ1n) is 20.7. The van der Waals surface area contributed by atoms with Gasteiger partial charge in [0.1, 0.15) is 23.4 Å². The monoisotopic (exact) mass is 916 g/mol. The van der Waals surface area contributed by atoms with Crippen LogP contribution >= 0.6 is 11.3 Å². The number of carbonyl (C=O) groups is 1. The molecule has 6 rings (SSSR count). The minimum atomic E-state index is -0.709. The summed E-state index contributed by atoms with van der Waals surface area (Å²) in [5.74, 6) is 0.577. The van der Waals surface area contributed by atoms with Crippen LogP contribution in [0.25, 0.3) is 36.7 Å². The van der Waals surface area contributed by atoms with Crippen molar-refractivity contribution in [2.45, 2.75) is 38.6 Å². The number of benzene rings is 3. The Kier molecular flexibility index (Phi) is 23.4. The number of aromatic nitrogens is 4. The number of nitrogens with zero attached hydrogens (tertiary/aromatic N) is 9. The number of aromatic hydroxyl groups is 1. The fourth-order valence-corrected chi connectivity index (χ4v) is 7.42. The standard InChI is InChI=1S/C43H57N12O3S.Co.2H2O/c1-3-4-18-48-41-51-42(53-43(52-41)58-30-29-54(2)34-14-12-33(13-15-34)40-49-36-8-5-6-9-38(36)59-40)50-37(31-32-10-16-35(56)17-11-32)39(57)47-19-7-26-55-27-24-45-22-20-44-21-23-46-25-28-55;;;/h5-6,8-17,37,56H,3-4,7,18-31H2,1-2H3,(H,47,57)(H2,48,50,51,52,53);;2*1H2/q-3;;;/t37-;;;/m0.../s1. The van der Waals surface area contributed by atoms with E-state index in [2.05, 4.69) is 93.9 Å². The predicted molar refractivity (Wildman–Crippen MR) is 247 cm³/mol. The Bertz CT molecular complexity index is 1970. The fraction of sp³-hybridized carbons (Fsp3) is 0.465. The largest absolute Gasteiger partial charge is 0.665 e. The van der Waals surface area contributed by atoms with Crippen molar-refractivity contribution in [2.24, 2.45) is 0 Å². The van der Waals surface area contributed by atoms with Gasteiger partial charge in [-0.25, -0.2) is 4.98 Å². The molecule has 8 N–H and O–H groups in total. The first kappa shape index (κ1) is 51.6. The Morgan fingerprint density at radius 3 is 2.23 bits per heavy atom. The van der Waals surface area contributed by atoms with Gasteiger partial charge in [0.25, 0.3) is 0 Å². The van der Waals surface area contributed by atoms with Crippen molar-refractivity contribution in [3.8, 4) is 22.3 Å². The van der Waals surface area contributed by atoms with Crippen LogP contribution in [0.5, 0.6) is 11.8 Å². The summed E-state index contributed by atoms with van der Waals surface area (Å²) in [6, 6.07) is 22.9. The number of amides is 1. The van der Waals surface area contributed by atoms with Crippen molar-refractivity contribution in [2.75, 3.05) is 108 Å². The number of para-hydroxylation sites is 1. The van der Waals surface area contributed by atoms with Crippen LogP contribution in [-0.4, -0.2) is 145 Å². The van der Waals surface area contributed by atoms with E-state index in [-0.39, 0.29) is 51.3 Å². The van der Waals surface area contributed by atoms with Crippen molar-refractivity contribution in [1.29, 1.82) is 0 Å². The molecular weight excluding hydrogens is 856 g/mol. The Balaban J connectivity index is 0.00000341. The van der Waals surface area contributed by atoms with Crippen LogP contribution in [-0.2, 0) is 28.0 Å². The molecule has 0 aliphatic carbocycles. The van der Waals surface area contributed by atoms with Gasteiger partial charge in [0, 0.05) is 54.6 Å². The number of likely N-dealkylation sites (N-methyl/N-ethyl adjacent to an activating group) is 1. The Hall–Kier alpha value is -4.70. The molecule has 5 aromatic rings. The van der Waals surface area contributed by atoms with Crippen molar-refractivity contribution >= 4 is 45.0 Å². The van der Waals surface area contributed by atoms with Gasteiger partial charge < -0.3 is 62.5 Å². The molecule has 3 heterocycles. The van der Waals surface area contributed by atoms with E-state index in [4.69, 9.17) is 9.72 Å². The maximum Gasteiger partial charge on any atom is 0.323 e. The summed E-state index contributed by atoms with van der Waals surface area (Å²) < 4.78 is 7.30. The molecule has 1 saturated heterocycles. The summed E-state index contributed by atoms with van der Waals surface area (Å²) in [5.41, 5.74) is 4.01. The number of thiazole rings is 1.